The van der Waals surface area contributed by atoms with Crippen LogP contribution in [0.2, 0.25) is 0 Å². The fraction of sp³-hybridized carbons (Fsp3) is 0.276. The number of rotatable bonds is 7. The molecule has 0 saturated carbocycles. The average molecular weight is 509 g/mol. The van der Waals surface area contributed by atoms with Crippen LogP contribution in [0.5, 0.6) is 5.75 Å². The molecule has 1 N–H and O–H groups in total. The Kier molecular flexibility index (Phi) is 7.43. The normalized spacial score (nSPS) is 14.2. The van der Waals surface area contributed by atoms with Gasteiger partial charge in [0, 0.05) is 17.2 Å². The minimum absolute atomic E-state index is 0.236. The van der Waals surface area contributed by atoms with Gasteiger partial charge in [0.15, 0.2) is 5.75 Å². The lowest BCUT2D eigenvalue weighted by Crippen LogP contribution is -2.32. The summed E-state index contributed by atoms with van der Waals surface area (Å²) in [6.07, 6.45) is 3.61. The zero-order valence-corrected chi connectivity index (χ0v) is 21.1. The van der Waals surface area contributed by atoms with Crippen molar-refractivity contribution in [3.63, 3.8) is 0 Å². The number of hydrogen-bond donors (Lipinski definition) is 1. The Morgan fingerprint density at radius 1 is 1.05 bits per heavy atom. The summed E-state index contributed by atoms with van der Waals surface area (Å²) in [5.74, 6) is 0.978. The third-order valence-electron chi connectivity index (χ3n) is 6.79. The summed E-state index contributed by atoms with van der Waals surface area (Å²) in [5.41, 5.74) is 3.33. The van der Waals surface area contributed by atoms with E-state index in [4.69, 9.17) is 4.74 Å². The maximum absolute atomic E-state index is 12.6. The number of nitrogens with one attached hydrogen (secondary N) is 1. The smallest absolute Gasteiger partial charge is 0.345 e. The molecule has 0 spiro atoms. The molecule has 1 aliphatic heterocycles. The summed E-state index contributed by atoms with van der Waals surface area (Å²) in [7, 11) is 2.13. The van der Waals surface area contributed by atoms with Gasteiger partial charge in [-0.2, -0.15) is 15.3 Å². The highest BCUT2D eigenvalue weighted by Gasteiger charge is 2.18. The van der Waals surface area contributed by atoms with Crippen LogP contribution in [0.1, 0.15) is 24.0 Å². The molecule has 5 rings (SSSR count). The van der Waals surface area contributed by atoms with E-state index in [9.17, 15) is 14.9 Å². The molecule has 2 aromatic heterocycles. The lowest BCUT2D eigenvalue weighted by Gasteiger charge is -2.28. The lowest BCUT2D eigenvalue weighted by atomic mass is 9.98. The van der Waals surface area contributed by atoms with Gasteiger partial charge in [0.25, 0.3) is 5.56 Å². The minimum atomic E-state index is -0.456. The fourth-order valence-corrected chi connectivity index (χ4v) is 4.61. The summed E-state index contributed by atoms with van der Waals surface area (Å²) < 4.78 is 7.53. The number of aromatic nitrogens is 4. The summed E-state index contributed by atoms with van der Waals surface area (Å²) in [5, 5.41) is 13.7. The quantitative estimate of drug-likeness (QED) is 0.407. The Bertz CT molecular complexity index is 1590. The molecule has 192 valence electrons. The van der Waals surface area contributed by atoms with Gasteiger partial charge >= 0.3 is 5.69 Å². The molecule has 9 heteroatoms. The van der Waals surface area contributed by atoms with Crippen LogP contribution in [-0.2, 0) is 6.54 Å². The first kappa shape index (κ1) is 25.1. The van der Waals surface area contributed by atoms with Crippen molar-refractivity contribution in [2.24, 2.45) is 5.92 Å². The molecule has 0 radical (unpaired) electrons. The van der Waals surface area contributed by atoms with Crippen molar-refractivity contribution in [3.05, 3.63) is 98.8 Å². The molecule has 38 heavy (non-hydrogen) atoms. The van der Waals surface area contributed by atoms with Gasteiger partial charge in [-0.3, -0.25) is 4.79 Å². The van der Waals surface area contributed by atoms with Crippen LogP contribution in [-0.4, -0.2) is 51.4 Å². The van der Waals surface area contributed by atoms with Gasteiger partial charge in [-0.05, 0) is 68.7 Å². The molecular formula is C29H28N6O3. The Labute approximate surface area is 220 Å². The van der Waals surface area contributed by atoms with Crippen molar-refractivity contribution in [1.29, 1.82) is 5.26 Å². The highest BCUT2D eigenvalue weighted by atomic mass is 16.5. The van der Waals surface area contributed by atoms with Crippen molar-refractivity contribution < 1.29 is 4.74 Å². The van der Waals surface area contributed by atoms with Gasteiger partial charge in [0.1, 0.15) is 0 Å². The number of ether oxygens (including phenoxy) is 1. The van der Waals surface area contributed by atoms with E-state index >= 15 is 0 Å². The second kappa shape index (κ2) is 11.2. The minimum Gasteiger partial charge on any atom is -0.489 e. The molecule has 4 aromatic rings. The monoisotopic (exact) mass is 508 g/mol. The first-order chi connectivity index (χ1) is 18.5. The van der Waals surface area contributed by atoms with Crippen LogP contribution >= 0.6 is 0 Å². The molecule has 0 bridgehead atoms. The second-order valence-corrected chi connectivity index (χ2v) is 9.59. The van der Waals surface area contributed by atoms with Gasteiger partial charge in [0.2, 0.25) is 0 Å². The number of nitriles is 1. The number of piperidine rings is 1. The van der Waals surface area contributed by atoms with E-state index in [2.05, 4.69) is 33.1 Å². The maximum Gasteiger partial charge on any atom is 0.345 e. The molecule has 0 amide bonds. The predicted molar refractivity (Wildman–Crippen MR) is 144 cm³/mol. The maximum atomic E-state index is 12.6. The largest absolute Gasteiger partial charge is 0.489 e. The summed E-state index contributed by atoms with van der Waals surface area (Å²) >= 11 is 0. The number of hydrogen-bond acceptors (Lipinski definition) is 7. The number of H-pyrrole nitrogens is 1. The molecule has 2 aromatic carbocycles. The summed E-state index contributed by atoms with van der Waals surface area (Å²) in [6, 6.07) is 19.9. The summed E-state index contributed by atoms with van der Waals surface area (Å²) in [4.78, 5) is 33.7. The van der Waals surface area contributed by atoms with E-state index in [1.165, 1.54) is 16.9 Å². The zero-order valence-electron chi connectivity index (χ0n) is 21.1. The number of likely N-dealkylation sites (tertiary alicyclic amines) is 1. The van der Waals surface area contributed by atoms with Crippen LogP contribution in [0, 0.1) is 17.2 Å². The van der Waals surface area contributed by atoms with Gasteiger partial charge in [-0.25, -0.2) is 9.48 Å². The Morgan fingerprint density at radius 3 is 2.66 bits per heavy atom. The predicted octanol–water partition coefficient (Wildman–Crippen LogP) is 3.30. The van der Waals surface area contributed by atoms with Crippen LogP contribution in [0.15, 0.2) is 76.4 Å². The van der Waals surface area contributed by atoms with Gasteiger partial charge in [-0.15, -0.1) is 0 Å². The van der Waals surface area contributed by atoms with Crippen LogP contribution in [0.4, 0.5) is 0 Å². The highest BCUT2D eigenvalue weighted by molar-refractivity contribution is 5.66. The second-order valence-electron chi connectivity index (χ2n) is 9.59. The Balaban J connectivity index is 1.39. The van der Waals surface area contributed by atoms with E-state index < -0.39 is 5.69 Å². The molecular weight excluding hydrogens is 480 g/mol. The zero-order chi connectivity index (χ0) is 26.5. The van der Waals surface area contributed by atoms with E-state index in [0.717, 1.165) is 42.6 Å². The van der Waals surface area contributed by atoms with Crippen molar-refractivity contribution in [2.75, 3.05) is 26.7 Å². The van der Waals surface area contributed by atoms with E-state index in [-0.39, 0.29) is 12.1 Å². The summed E-state index contributed by atoms with van der Waals surface area (Å²) in [6.45, 7) is 2.89. The number of nitrogens with zero attached hydrogens (tertiary/aromatic N) is 5. The van der Waals surface area contributed by atoms with Gasteiger partial charge in [0.05, 0.1) is 42.4 Å². The number of benzene rings is 2. The van der Waals surface area contributed by atoms with Crippen molar-refractivity contribution in [2.45, 2.75) is 19.4 Å². The van der Waals surface area contributed by atoms with Crippen molar-refractivity contribution in [1.82, 2.24) is 24.6 Å². The average Bonchev–Trinajstić information content (AvgIpc) is 2.94. The molecule has 3 heterocycles. The third kappa shape index (κ3) is 5.88. The SMILES string of the molecule is CN1CCC(COc2cnc(=O)[nH]c2-c2cccc(Cn3nc(-c4cccc(C#N)c4)ccc3=O)c2)CC1. The highest BCUT2D eigenvalue weighted by Crippen LogP contribution is 2.28. The van der Waals surface area contributed by atoms with Gasteiger partial charge in [-0.1, -0.05) is 30.3 Å². The fourth-order valence-electron chi connectivity index (χ4n) is 4.61. The molecule has 1 fully saturated rings. The van der Waals surface area contributed by atoms with Crippen molar-refractivity contribution in [3.8, 4) is 34.3 Å². The topological polar surface area (TPSA) is 117 Å². The third-order valence-corrected chi connectivity index (χ3v) is 6.79. The van der Waals surface area contributed by atoms with E-state index in [1.54, 1.807) is 24.3 Å². The Hall–Kier alpha value is -4.55. The molecule has 0 unspecified atom stereocenters. The molecule has 0 aliphatic carbocycles. The number of aromatic amines is 1. The standard InChI is InChI=1S/C29H28N6O3/c1-34-12-10-20(11-13-34)19-38-26-17-31-29(37)32-28(26)24-7-3-5-22(15-24)18-35-27(36)9-8-25(33-35)23-6-2-4-21(14-23)16-30/h2-9,14-15,17,20H,10-13,18-19H2,1H3,(H,31,32,37). The first-order valence-electron chi connectivity index (χ1n) is 12.6. The molecule has 1 saturated heterocycles. The molecule has 9 nitrogen and oxygen atoms in total. The molecule has 0 atom stereocenters. The first-order valence-corrected chi connectivity index (χ1v) is 12.6. The van der Waals surface area contributed by atoms with Crippen molar-refractivity contribution >= 4 is 0 Å². The van der Waals surface area contributed by atoms with Crippen LogP contribution < -0.4 is 16.0 Å². The Morgan fingerprint density at radius 2 is 1.84 bits per heavy atom. The lowest BCUT2D eigenvalue weighted by molar-refractivity contribution is 0.160. The van der Waals surface area contributed by atoms with E-state index in [0.29, 0.717) is 35.2 Å². The van der Waals surface area contributed by atoms with Crippen LogP contribution in [0.25, 0.3) is 22.5 Å². The van der Waals surface area contributed by atoms with Crippen LogP contribution in [0.3, 0.4) is 0 Å². The van der Waals surface area contributed by atoms with Gasteiger partial charge < -0.3 is 14.6 Å². The molecule has 1 aliphatic rings. The van der Waals surface area contributed by atoms with E-state index in [1.807, 2.05) is 30.3 Å².